The van der Waals surface area contributed by atoms with Crippen LogP contribution in [0.15, 0.2) is 78.9 Å². The Kier molecular flexibility index (Phi) is 7.19. The van der Waals surface area contributed by atoms with Crippen molar-refractivity contribution in [2.24, 2.45) is 0 Å². The van der Waals surface area contributed by atoms with Gasteiger partial charge in [-0.2, -0.15) is 0 Å². The summed E-state index contributed by atoms with van der Waals surface area (Å²) in [5, 5.41) is 11.8. The Morgan fingerprint density at radius 1 is 0.900 bits per heavy atom. The van der Waals surface area contributed by atoms with E-state index in [1.165, 1.54) is 6.92 Å². The predicted octanol–water partition coefficient (Wildman–Crippen LogP) is 3.94. The lowest BCUT2D eigenvalue weighted by Gasteiger charge is -2.14. The maximum Gasteiger partial charge on any atom is 0.338 e. The quantitative estimate of drug-likeness (QED) is 0.555. The molecule has 1 amide bonds. The molecule has 0 aliphatic heterocycles. The topological polar surface area (TPSA) is 84.9 Å². The third kappa shape index (κ3) is 5.93. The molecule has 0 bridgehead atoms. The number of anilines is 1. The average Bonchev–Trinajstić information content (AvgIpc) is 2.79. The first-order valence-electron chi connectivity index (χ1n) is 9.53. The van der Waals surface area contributed by atoms with Crippen LogP contribution in [0.2, 0.25) is 0 Å². The number of hydrogen-bond donors (Lipinski definition) is 2. The molecule has 3 aromatic rings. The smallest absolute Gasteiger partial charge is 0.338 e. The molecule has 30 heavy (non-hydrogen) atoms. The van der Waals surface area contributed by atoms with Gasteiger partial charge in [-0.15, -0.1) is 0 Å². The molecular formula is C24H23NO5. The summed E-state index contributed by atoms with van der Waals surface area (Å²) >= 11 is 0. The van der Waals surface area contributed by atoms with Gasteiger partial charge in [0.25, 0.3) is 5.91 Å². The minimum atomic E-state index is -0.968. The van der Waals surface area contributed by atoms with E-state index in [9.17, 15) is 9.59 Å². The Bertz CT molecular complexity index is 969. The van der Waals surface area contributed by atoms with Crippen LogP contribution in [0.1, 0.15) is 28.4 Å². The zero-order chi connectivity index (χ0) is 21.3. The Morgan fingerprint density at radius 3 is 2.20 bits per heavy atom. The SMILES string of the molecule is CC(OC(=O)c1ccc(CO)cc1)C(=O)Nc1ccc(OCc2ccccc2)cc1. The van der Waals surface area contributed by atoms with E-state index in [1.807, 2.05) is 30.3 Å². The van der Waals surface area contributed by atoms with Crippen molar-refractivity contribution >= 4 is 17.6 Å². The molecule has 154 valence electrons. The molecule has 0 fully saturated rings. The minimum Gasteiger partial charge on any atom is -0.489 e. The second kappa shape index (κ2) is 10.2. The van der Waals surface area contributed by atoms with Gasteiger partial charge in [-0.25, -0.2) is 4.79 Å². The molecule has 0 saturated heterocycles. The first-order valence-corrected chi connectivity index (χ1v) is 9.53. The molecule has 1 unspecified atom stereocenters. The summed E-state index contributed by atoms with van der Waals surface area (Å²) in [4.78, 5) is 24.5. The summed E-state index contributed by atoms with van der Waals surface area (Å²) < 4.78 is 10.9. The molecule has 1 atom stereocenters. The summed E-state index contributed by atoms with van der Waals surface area (Å²) in [7, 11) is 0. The number of rotatable bonds is 8. The number of aliphatic hydroxyl groups is 1. The van der Waals surface area contributed by atoms with Gasteiger partial charge in [-0.1, -0.05) is 42.5 Å². The van der Waals surface area contributed by atoms with Crippen LogP contribution in [0.25, 0.3) is 0 Å². The van der Waals surface area contributed by atoms with Gasteiger partial charge in [0.15, 0.2) is 6.10 Å². The maximum absolute atomic E-state index is 12.3. The van der Waals surface area contributed by atoms with Crippen LogP contribution in [0.5, 0.6) is 5.75 Å². The van der Waals surface area contributed by atoms with Crippen molar-refractivity contribution < 1.29 is 24.2 Å². The van der Waals surface area contributed by atoms with E-state index in [1.54, 1.807) is 48.5 Å². The molecule has 0 aromatic heterocycles. The first-order chi connectivity index (χ1) is 14.5. The second-order valence-electron chi connectivity index (χ2n) is 6.69. The van der Waals surface area contributed by atoms with Gasteiger partial charge < -0.3 is 19.9 Å². The number of hydrogen-bond acceptors (Lipinski definition) is 5. The molecule has 3 rings (SSSR count). The van der Waals surface area contributed by atoms with Crippen LogP contribution in [-0.2, 0) is 22.7 Å². The fourth-order valence-electron chi connectivity index (χ4n) is 2.65. The number of carbonyl (C=O) groups excluding carboxylic acids is 2. The average molecular weight is 405 g/mol. The van der Waals surface area contributed by atoms with Gasteiger partial charge in [0.05, 0.1) is 12.2 Å². The molecule has 3 aromatic carbocycles. The fourth-order valence-corrected chi connectivity index (χ4v) is 2.65. The third-order valence-corrected chi connectivity index (χ3v) is 4.40. The van der Waals surface area contributed by atoms with Gasteiger partial charge in [-0.3, -0.25) is 4.79 Å². The summed E-state index contributed by atoms with van der Waals surface area (Å²) in [6.45, 7) is 1.86. The highest BCUT2D eigenvalue weighted by molar-refractivity contribution is 5.97. The summed E-state index contributed by atoms with van der Waals surface area (Å²) in [5.41, 5.74) is 2.64. The van der Waals surface area contributed by atoms with E-state index in [-0.39, 0.29) is 6.61 Å². The predicted molar refractivity (Wildman–Crippen MR) is 113 cm³/mol. The van der Waals surface area contributed by atoms with Crippen molar-refractivity contribution in [3.05, 3.63) is 95.6 Å². The third-order valence-electron chi connectivity index (χ3n) is 4.40. The van der Waals surface area contributed by atoms with Crippen molar-refractivity contribution in [3.63, 3.8) is 0 Å². The Labute approximate surface area is 175 Å². The lowest BCUT2D eigenvalue weighted by molar-refractivity contribution is -0.123. The highest BCUT2D eigenvalue weighted by atomic mass is 16.5. The number of carbonyl (C=O) groups is 2. The molecule has 6 heteroatoms. The highest BCUT2D eigenvalue weighted by Crippen LogP contribution is 2.18. The number of amides is 1. The van der Waals surface area contributed by atoms with Crippen LogP contribution < -0.4 is 10.1 Å². The molecule has 6 nitrogen and oxygen atoms in total. The van der Waals surface area contributed by atoms with Gasteiger partial charge >= 0.3 is 5.97 Å². The standard InChI is InChI=1S/C24H23NO5/c1-17(30-24(28)20-9-7-18(15-26)8-10-20)23(27)25-21-11-13-22(14-12-21)29-16-19-5-3-2-4-6-19/h2-14,17,26H,15-16H2,1H3,(H,25,27). The van der Waals surface area contributed by atoms with Crippen LogP contribution in [0.4, 0.5) is 5.69 Å². The second-order valence-corrected chi connectivity index (χ2v) is 6.69. The molecule has 0 spiro atoms. The molecule has 0 heterocycles. The molecule has 0 aliphatic rings. The molecular weight excluding hydrogens is 382 g/mol. The molecule has 0 aliphatic carbocycles. The summed E-state index contributed by atoms with van der Waals surface area (Å²) in [5.74, 6) is -0.359. The maximum atomic E-state index is 12.3. The van der Waals surface area contributed by atoms with Gasteiger partial charge in [0, 0.05) is 5.69 Å². The summed E-state index contributed by atoms with van der Waals surface area (Å²) in [6.07, 6.45) is -0.968. The van der Waals surface area contributed by atoms with E-state index >= 15 is 0 Å². The fraction of sp³-hybridized carbons (Fsp3) is 0.167. The number of nitrogens with one attached hydrogen (secondary N) is 1. The Morgan fingerprint density at radius 2 is 1.57 bits per heavy atom. The number of esters is 1. The number of benzene rings is 3. The number of ether oxygens (including phenoxy) is 2. The van der Waals surface area contributed by atoms with Crippen LogP contribution >= 0.6 is 0 Å². The van der Waals surface area contributed by atoms with E-state index in [0.717, 1.165) is 5.56 Å². The largest absolute Gasteiger partial charge is 0.489 e. The van der Waals surface area contributed by atoms with E-state index < -0.39 is 18.0 Å². The van der Waals surface area contributed by atoms with Crippen LogP contribution in [-0.4, -0.2) is 23.1 Å². The van der Waals surface area contributed by atoms with Crippen molar-refractivity contribution in [2.45, 2.75) is 26.2 Å². The van der Waals surface area contributed by atoms with Crippen LogP contribution in [0, 0.1) is 0 Å². The highest BCUT2D eigenvalue weighted by Gasteiger charge is 2.19. The van der Waals surface area contributed by atoms with E-state index in [4.69, 9.17) is 14.6 Å². The number of aliphatic hydroxyl groups excluding tert-OH is 1. The Balaban J connectivity index is 1.49. The van der Waals surface area contributed by atoms with Crippen molar-refractivity contribution in [2.75, 3.05) is 5.32 Å². The molecule has 2 N–H and O–H groups in total. The summed E-state index contributed by atoms with van der Waals surface area (Å²) in [6, 6.07) is 23.1. The zero-order valence-electron chi connectivity index (χ0n) is 16.6. The van der Waals surface area contributed by atoms with E-state index in [2.05, 4.69) is 5.32 Å². The zero-order valence-corrected chi connectivity index (χ0v) is 16.6. The van der Waals surface area contributed by atoms with Crippen LogP contribution in [0.3, 0.4) is 0 Å². The van der Waals surface area contributed by atoms with Crippen molar-refractivity contribution in [1.82, 2.24) is 0 Å². The lowest BCUT2D eigenvalue weighted by Crippen LogP contribution is -2.30. The molecule has 0 radical (unpaired) electrons. The van der Waals surface area contributed by atoms with Crippen molar-refractivity contribution in [1.29, 1.82) is 0 Å². The van der Waals surface area contributed by atoms with Crippen molar-refractivity contribution in [3.8, 4) is 5.75 Å². The van der Waals surface area contributed by atoms with Gasteiger partial charge in [0.2, 0.25) is 0 Å². The van der Waals surface area contributed by atoms with E-state index in [0.29, 0.717) is 29.2 Å². The van der Waals surface area contributed by atoms with Gasteiger partial charge in [-0.05, 0) is 54.4 Å². The molecule has 0 saturated carbocycles. The Hall–Kier alpha value is -3.64. The van der Waals surface area contributed by atoms with Gasteiger partial charge in [0.1, 0.15) is 12.4 Å². The monoisotopic (exact) mass is 405 g/mol. The first kappa shape index (κ1) is 21.1. The normalized spacial score (nSPS) is 11.4. The lowest BCUT2D eigenvalue weighted by atomic mass is 10.1. The minimum absolute atomic E-state index is 0.107.